The summed E-state index contributed by atoms with van der Waals surface area (Å²) in [5.41, 5.74) is 0.882. The summed E-state index contributed by atoms with van der Waals surface area (Å²) in [4.78, 5) is 13.9. The number of carbonyl (C=O) groups excluding carboxylic acids is 1. The minimum Gasteiger partial charge on any atom is -0.482 e. The Kier molecular flexibility index (Phi) is 3.26. The van der Waals surface area contributed by atoms with Crippen molar-refractivity contribution in [1.82, 2.24) is 5.32 Å². The topological polar surface area (TPSA) is 41.6 Å². The van der Waals surface area contributed by atoms with Crippen LogP contribution in [0.25, 0.3) is 0 Å². The van der Waals surface area contributed by atoms with Gasteiger partial charge >= 0.3 is 0 Å². The summed E-state index contributed by atoms with van der Waals surface area (Å²) in [7, 11) is 0. The molecule has 1 unspecified atom stereocenters. The van der Waals surface area contributed by atoms with E-state index < -0.39 is 0 Å². The lowest BCUT2D eigenvalue weighted by Gasteiger charge is -2.31. The molecule has 0 radical (unpaired) electrons. The van der Waals surface area contributed by atoms with Crippen molar-refractivity contribution in [3.8, 4) is 5.75 Å². The molecular formula is C13H15BrN2O2. The lowest BCUT2D eigenvalue weighted by molar-refractivity contribution is -0.121. The highest BCUT2D eigenvalue weighted by Gasteiger charge is 2.28. The Morgan fingerprint density at radius 2 is 2.39 bits per heavy atom. The second-order valence-corrected chi connectivity index (χ2v) is 5.68. The van der Waals surface area contributed by atoms with E-state index in [1.54, 1.807) is 0 Å². The lowest BCUT2D eigenvalue weighted by atomic mass is 10.1. The number of hydrogen-bond acceptors (Lipinski definition) is 3. The largest absolute Gasteiger partial charge is 0.482 e. The van der Waals surface area contributed by atoms with Gasteiger partial charge < -0.3 is 15.0 Å². The van der Waals surface area contributed by atoms with Crippen LogP contribution < -0.4 is 15.0 Å². The van der Waals surface area contributed by atoms with Crippen LogP contribution in [0, 0.1) is 5.92 Å². The molecule has 0 aliphatic carbocycles. The van der Waals surface area contributed by atoms with Gasteiger partial charge in [0.05, 0.1) is 5.69 Å². The summed E-state index contributed by atoms with van der Waals surface area (Å²) in [6, 6.07) is 5.80. The molecule has 1 amide bonds. The summed E-state index contributed by atoms with van der Waals surface area (Å²) in [5, 5.41) is 3.33. The van der Waals surface area contributed by atoms with E-state index in [1.165, 1.54) is 0 Å². The maximum Gasteiger partial charge on any atom is 0.265 e. The average molecular weight is 311 g/mol. The molecule has 1 saturated heterocycles. The van der Waals surface area contributed by atoms with Gasteiger partial charge in [-0.2, -0.15) is 0 Å². The van der Waals surface area contributed by atoms with E-state index in [1.807, 2.05) is 23.1 Å². The summed E-state index contributed by atoms with van der Waals surface area (Å²) in [6.45, 7) is 2.97. The summed E-state index contributed by atoms with van der Waals surface area (Å²) < 4.78 is 6.42. The fourth-order valence-corrected chi connectivity index (χ4v) is 2.85. The van der Waals surface area contributed by atoms with E-state index in [0.29, 0.717) is 5.92 Å². The van der Waals surface area contributed by atoms with Gasteiger partial charge in [-0.1, -0.05) is 15.9 Å². The monoisotopic (exact) mass is 310 g/mol. The Bertz CT molecular complexity index is 472. The number of nitrogens with one attached hydrogen (secondary N) is 1. The standard InChI is InChI=1S/C13H15BrN2O2/c14-10-1-2-12-11(5-10)16(13(17)8-18-12)7-9-3-4-15-6-9/h1-2,5,9,15H,3-4,6-8H2. The van der Waals surface area contributed by atoms with E-state index in [9.17, 15) is 4.79 Å². The number of fused-ring (bicyclic) bond motifs is 1. The molecule has 4 nitrogen and oxygen atoms in total. The molecule has 0 aromatic heterocycles. The fourth-order valence-electron chi connectivity index (χ4n) is 2.50. The van der Waals surface area contributed by atoms with Crippen LogP contribution in [-0.4, -0.2) is 32.1 Å². The zero-order chi connectivity index (χ0) is 12.5. The predicted octanol–water partition coefficient (Wildman–Crippen LogP) is 1.78. The minimum atomic E-state index is 0.0486. The molecule has 2 aliphatic rings. The average Bonchev–Trinajstić information content (AvgIpc) is 2.86. The number of rotatable bonds is 2. The van der Waals surface area contributed by atoms with Crippen molar-refractivity contribution in [3.05, 3.63) is 22.7 Å². The first kappa shape index (κ1) is 12.0. The van der Waals surface area contributed by atoms with Gasteiger partial charge in [-0.3, -0.25) is 4.79 Å². The Labute approximate surface area is 114 Å². The third kappa shape index (κ3) is 2.24. The van der Waals surface area contributed by atoms with E-state index in [2.05, 4.69) is 21.2 Å². The van der Waals surface area contributed by atoms with Gasteiger partial charge in [0.2, 0.25) is 0 Å². The number of halogens is 1. The molecule has 1 N–H and O–H groups in total. The molecule has 96 valence electrons. The number of hydrogen-bond donors (Lipinski definition) is 1. The summed E-state index contributed by atoms with van der Waals surface area (Å²) in [6.07, 6.45) is 1.13. The highest BCUT2D eigenvalue weighted by atomic mass is 79.9. The third-order valence-electron chi connectivity index (χ3n) is 3.47. The first-order chi connectivity index (χ1) is 8.74. The molecular weight excluding hydrogens is 296 g/mol. The molecule has 2 aliphatic heterocycles. The molecule has 18 heavy (non-hydrogen) atoms. The quantitative estimate of drug-likeness (QED) is 0.905. The van der Waals surface area contributed by atoms with E-state index in [0.717, 1.165) is 42.0 Å². The van der Waals surface area contributed by atoms with Gasteiger partial charge in [-0.15, -0.1) is 0 Å². The van der Waals surface area contributed by atoms with Crippen LogP contribution in [0.4, 0.5) is 5.69 Å². The smallest absolute Gasteiger partial charge is 0.265 e. The van der Waals surface area contributed by atoms with Crippen molar-refractivity contribution in [1.29, 1.82) is 0 Å². The zero-order valence-corrected chi connectivity index (χ0v) is 11.6. The van der Waals surface area contributed by atoms with Gasteiger partial charge in [-0.05, 0) is 43.6 Å². The number of ether oxygens (including phenoxy) is 1. The second-order valence-electron chi connectivity index (χ2n) is 4.76. The normalized spacial score (nSPS) is 22.8. The van der Waals surface area contributed by atoms with E-state index in [4.69, 9.17) is 4.74 Å². The van der Waals surface area contributed by atoms with Gasteiger partial charge in [-0.25, -0.2) is 0 Å². The van der Waals surface area contributed by atoms with Gasteiger partial charge in [0.25, 0.3) is 5.91 Å². The number of anilines is 1. The Morgan fingerprint density at radius 3 is 3.17 bits per heavy atom. The molecule has 0 spiro atoms. The van der Waals surface area contributed by atoms with Crippen LogP contribution in [-0.2, 0) is 4.79 Å². The first-order valence-electron chi connectivity index (χ1n) is 6.17. The maximum atomic E-state index is 12.0. The molecule has 1 atom stereocenters. The second kappa shape index (κ2) is 4.90. The Morgan fingerprint density at radius 1 is 1.50 bits per heavy atom. The van der Waals surface area contributed by atoms with Crippen molar-refractivity contribution in [2.24, 2.45) is 5.92 Å². The van der Waals surface area contributed by atoms with Gasteiger partial charge in [0.1, 0.15) is 5.75 Å². The van der Waals surface area contributed by atoms with Crippen molar-refractivity contribution < 1.29 is 9.53 Å². The molecule has 1 fully saturated rings. The molecule has 1 aromatic rings. The molecule has 1 aromatic carbocycles. The highest BCUT2D eigenvalue weighted by molar-refractivity contribution is 9.10. The first-order valence-corrected chi connectivity index (χ1v) is 6.97. The Hall–Kier alpha value is -1.07. The number of carbonyl (C=O) groups is 1. The number of nitrogens with zero attached hydrogens (tertiary/aromatic N) is 1. The summed E-state index contributed by atoms with van der Waals surface area (Å²) >= 11 is 3.44. The van der Waals surface area contributed by atoms with Crippen molar-refractivity contribution in [2.45, 2.75) is 6.42 Å². The van der Waals surface area contributed by atoms with Crippen LogP contribution in [0.15, 0.2) is 22.7 Å². The lowest BCUT2D eigenvalue weighted by Crippen LogP contribution is -2.42. The molecule has 2 heterocycles. The molecule has 0 saturated carbocycles. The summed E-state index contributed by atoms with van der Waals surface area (Å²) in [5.74, 6) is 1.38. The zero-order valence-electron chi connectivity index (χ0n) is 9.99. The van der Waals surface area contributed by atoms with Crippen molar-refractivity contribution >= 4 is 27.5 Å². The molecule has 3 rings (SSSR count). The van der Waals surface area contributed by atoms with Crippen LogP contribution >= 0.6 is 15.9 Å². The highest BCUT2D eigenvalue weighted by Crippen LogP contribution is 2.35. The fraction of sp³-hybridized carbons (Fsp3) is 0.462. The molecule has 0 bridgehead atoms. The third-order valence-corrected chi connectivity index (χ3v) is 3.96. The van der Waals surface area contributed by atoms with Crippen LogP contribution in [0.3, 0.4) is 0 Å². The SMILES string of the molecule is O=C1COc2ccc(Br)cc2N1CC1CCNC1. The minimum absolute atomic E-state index is 0.0486. The van der Waals surface area contributed by atoms with Crippen molar-refractivity contribution in [3.63, 3.8) is 0 Å². The van der Waals surface area contributed by atoms with Gasteiger partial charge in [0, 0.05) is 11.0 Å². The van der Waals surface area contributed by atoms with Crippen LogP contribution in [0.1, 0.15) is 6.42 Å². The van der Waals surface area contributed by atoms with Crippen molar-refractivity contribution in [2.75, 3.05) is 31.1 Å². The number of amides is 1. The van der Waals surface area contributed by atoms with E-state index in [-0.39, 0.29) is 12.5 Å². The van der Waals surface area contributed by atoms with Gasteiger partial charge in [0.15, 0.2) is 6.61 Å². The van der Waals surface area contributed by atoms with E-state index >= 15 is 0 Å². The van der Waals surface area contributed by atoms with Crippen LogP contribution in [0.5, 0.6) is 5.75 Å². The van der Waals surface area contributed by atoms with Crippen LogP contribution in [0.2, 0.25) is 0 Å². The number of benzene rings is 1. The molecule has 5 heteroatoms. The predicted molar refractivity (Wildman–Crippen MR) is 73.0 cm³/mol. The Balaban J connectivity index is 1.88. The maximum absolute atomic E-state index is 12.0.